The minimum atomic E-state index is -1.34. The van der Waals surface area contributed by atoms with Crippen LogP contribution in [0.2, 0.25) is 0 Å². The first-order valence-corrected chi connectivity index (χ1v) is 4.66. The summed E-state index contributed by atoms with van der Waals surface area (Å²) in [6, 6.07) is 0. The average Bonchev–Trinajstić information content (AvgIpc) is 2.31. The second-order valence-electron chi connectivity index (χ2n) is 2.81. The van der Waals surface area contributed by atoms with Crippen LogP contribution in [0.15, 0.2) is 0 Å². The number of thiazole rings is 1. The number of carboxylic acids is 1. The number of rotatable bonds is 3. The lowest BCUT2D eigenvalue weighted by Crippen LogP contribution is -2.21. The van der Waals surface area contributed by atoms with Crippen molar-refractivity contribution < 1.29 is 15.0 Å². The highest BCUT2D eigenvalue weighted by molar-refractivity contribution is 7.11. The molecule has 1 aromatic rings. The molecule has 0 aliphatic heterocycles. The van der Waals surface area contributed by atoms with Gasteiger partial charge in [-0.25, -0.2) is 9.78 Å². The molecule has 72 valence electrons. The fourth-order valence-electron chi connectivity index (χ4n) is 0.879. The molecule has 0 aliphatic rings. The summed E-state index contributed by atoms with van der Waals surface area (Å²) in [5.74, 6) is -1.20. The van der Waals surface area contributed by atoms with Gasteiger partial charge in [-0.3, -0.25) is 0 Å². The first kappa shape index (κ1) is 10.1. The molecule has 0 radical (unpaired) electrons. The molecule has 0 fully saturated rings. The van der Waals surface area contributed by atoms with Gasteiger partial charge in [0.05, 0.1) is 10.7 Å². The average molecular weight is 201 g/mol. The van der Waals surface area contributed by atoms with E-state index < -0.39 is 12.1 Å². The molecule has 0 amide bonds. The lowest BCUT2D eigenvalue weighted by atomic mass is 10.3. The van der Waals surface area contributed by atoms with Crippen molar-refractivity contribution in [1.82, 2.24) is 4.98 Å². The van der Waals surface area contributed by atoms with Gasteiger partial charge in [0, 0.05) is 11.3 Å². The molecule has 0 saturated carbocycles. The summed E-state index contributed by atoms with van der Waals surface area (Å²) in [5.41, 5.74) is 0.901. The van der Waals surface area contributed by atoms with Crippen LogP contribution in [0.5, 0.6) is 0 Å². The number of aromatic nitrogens is 1. The molecule has 0 aliphatic carbocycles. The summed E-state index contributed by atoms with van der Waals surface area (Å²) >= 11 is 1.43. The smallest absolute Gasteiger partial charge is 0.332 e. The molecular formula is C8H11NO3S. The van der Waals surface area contributed by atoms with Crippen LogP contribution in [0.25, 0.3) is 0 Å². The first-order chi connectivity index (χ1) is 6.00. The van der Waals surface area contributed by atoms with Crippen LogP contribution in [0.3, 0.4) is 0 Å². The molecule has 0 saturated heterocycles. The van der Waals surface area contributed by atoms with Crippen LogP contribution in [-0.2, 0) is 11.2 Å². The number of aryl methyl sites for hydroxylation is 2. The molecule has 5 heteroatoms. The Balaban J connectivity index is 2.69. The van der Waals surface area contributed by atoms with Crippen molar-refractivity contribution in [2.75, 3.05) is 0 Å². The van der Waals surface area contributed by atoms with Gasteiger partial charge in [0.15, 0.2) is 6.10 Å². The predicted molar refractivity (Wildman–Crippen MR) is 48.9 cm³/mol. The zero-order chi connectivity index (χ0) is 10.0. The van der Waals surface area contributed by atoms with E-state index >= 15 is 0 Å². The van der Waals surface area contributed by atoms with E-state index in [0.29, 0.717) is 5.01 Å². The van der Waals surface area contributed by atoms with Gasteiger partial charge >= 0.3 is 5.97 Å². The number of nitrogens with zero attached hydrogens (tertiary/aromatic N) is 1. The Morgan fingerprint density at radius 2 is 2.23 bits per heavy atom. The molecule has 1 rings (SSSR count). The summed E-state index contributed by atoms with van der Waals surface area (Å²) in [6.45, 7) is 3.78. The molecular weight excluding hydrogens is 190 g/mol. The largest absolute Gasteiger partial charge is 0.479 e. The number of hydrogen-bond donors (Lipinski definition) is 2. The quantitative estimate of drug-likeness (QED) is 0.757. The van der Waals surface area contributed by atoms with Gasteiger partial charge in [-0.15, -0.1) is 11.3 Å². The predicted octanol–water partition coefficient (Wildman–Crippen LogP) is 0.748. The van der Waals surface area contributed by atoms with Gasteiger partial charge in [-0.2, -0.15) is 0 Å². The maximum Gasteiger partial charge on any atom is 0.332 e. The van der Waals surface area contributed by atoms with Gasteiger partial charge in [0.25, 0.3) is 0 Å². The van der Waals surface area contributed by atoms with E-state index in [1.54, 1.807) is 0 Å². The van der Waals surface area contributed by atoms with Crippen molar-refractivity contribution in [1.29, 1.82) is 0 Å². The van der Waals surface area contributed by atoms with Crippen molar-refractivity contribution in [3.8, 4) is 0 Å². The van der Waals surface area contributed by atoms with E-state index in [-0.39, 0.29) is 6.42 Å². The SMILES string of the molecule is Cc1nc(CC(O)C(=O)O)sc1C. The fraction of sp³-hybridized carbons (Fsp3) is 0.500. The number of carboxylic acid groups (broad SMARTS) is 1. The fourth-order valence-corrected chi connectivity index (χ4v) is 1.85. The third-order valence-electron chi connectivity index (χ3n) is 1.73. The van der Waals surface area contributed by atoms with E-state index in [9.17, 15) is 4.79 Å². The van der Waals surface area contributed by atoms with Gasteiger partial charge in [-0.05, 0) is 13.8 Å². The topological polar surface area (TPSA) is 70.4 Å². The second kappa shape index (κ2) is 3.85. The van der Waals surface area contributed by atoms with Crippen LogP contribution in [0.1, 0.15) is 15.6 Å². The van der Waals surface area contributed by atoms with E-state index in [1.165, 1.54) is 11.3 Å². The number of hydrogen-bond acceptors (Lipinski definition) is 4. The third-order valence-corrected chi connectivity index (χ3v) is 2.82. The Labute approximate surface area is 79.9 Å². The lowest BCUT2D eigenvalue weighted by molar-refractivity contribution is -0.146. The molecule has 0 bridgehead atoms. The summed E-state index contributed by atoms with van der Waals surface area (Å²) in [4.78, 5) is 15.5. The van der Waals surface area contributed by atoms with Crippen LogP contribution in [-0.4, -0.2) is 27.3 Å². The van der Waals surface area contributed by atoms with Crippen LogP contribution >= 0.6 is 11.3 Å². The Morgan fingerprint density at radius 3 is 2.62 bits per heavy atom. The molecule has 1 aromatic heterocycles. The van der Waals surface area contributed by atoms with Gasteiger partial charge in [-0.1, -0.05) is 0 Å². The van der Waals surface area contributed by atoms with Gasteiger partial charge in [0.1, 0.15) is 0 Å². The maximum atomic E-state index is 10.3. The molecule has 0 aromatic carbocycles. The lowest BCUT2D eigenvalue weighted by Gasteiger charge is -2.00. The standard InChI is InChI=1S/C8H11NO3S/c1-4-5(2)13-7(9-4)3-6(10)8(11)12/h6,10H,3H2,1-2H3,(H,11,12). The Kier molecular flexibility index (Phi) is 3.00. The number of aliphatic hydroxyl groups is 1. The highest BCUT2D eigenvalue weighted by atomic mass is 32.1. The monoisotopic (exact) mass is 201 g/mol. The zero-order valence-electron chi connectivity index (χ0n) is 7.44. The summed E-state index contributed by atoms with van der Waals surface area (Å²) < 4.78 is 0. The molecule has 13 heavy (non-hydrogen) atoms. The van der Waals surface area contributed by atoms with Gasteiger partial charge in [0.2, 0.25) is 0 Å². The van der Waals surface area contributed by atoms with Crippen molar-refractivity contribution in [2.45, 2.75) is 26.4 Å². The minimum absolute atomic E-state index is 0.0919. The number of carbonyl (C=O) groups is 1. The zero-order valence-corrected chi connectivity index (χ0v) is 8.26. The van der Waals surface area contributed by atoms with Crippen LogP contribution in [0, 0.1) is 13.8 Å². The highest BCUT2D eigenvalue weighted by Crippen LogP contribution is 2.17. The molecule has 1 unspecified atom stereocenters. The van der Waals surface area contributed by atoms with Gasteiger partial charge < -0.3 is 10.2 Å². The Bertz CT molecular complexity index is 302. The Morgan fingerprint density at radius 1 is 1.62 bits per heavy atom. The van der Waals surface area contributed by atoms with E-state index in [4.69, 9.17) is 10.2 Å². The summed E-state index contributed by atoms with van der Waals surface area (Å²) in [7, 11) is 0. The van der Waals surface area contributed by atoms with E-state index in [2.05, 4.69) is 4.98 Å². The van der Waals surface area contributed by atoms with Crippen molar-refractivity contribution in [3.05, 3.63) is 15.6 Å². The van der Waals surface area contributed by atoms with E-state index in [1.807, 2.05) is 13.8 Å². The Hall–Kier alpha value is -0.940. The summed E-state index contributed by atoms with van der Waals surface area (Å²) in [6.07, 6.45) is -1.25. The molecule has 0 spiro atoms. The second-order valence-corrected chi connectivity index (χ2v) is 4.10. The minimum Gasteiger partial charge on any atom is -0.479 e. The van der Waals surface area contributed by atoms with E-state index in [0.717, 1.165) is 10.6 Å². The van der Waals surface area contributed by atoms with Crippen molar-refractivity contribution >= 4 is 17.3 Å². The van der Waals surface area contributed by atoms with Crippen LogP contribution < -0.4 is 0 Å². The highest BCUT2D eigenvalue weighted by Gasteiger charge is 2.16. The summed E-state index contributed by atoms with van der Waals surface area (Å²) in [5, 5.41) is 18.2. The number of aliphatic carboxylic acids is 1. The number of aliphatic hydroxyl groups excluding tert-OH is 1. The maximum absolute atomic E-state index is 10.3. The van der Waals surface area contributed by atoms with Crippen molar-refractivity contribution in [3.63, 3.8) is 0 Å². The normalized spacial score (nSPS) is 12.8. The van der Waals surface area contributed by atoms with Crippen LogP contribution in [0.4, 0.5) is 0 Å². The first-order valence-electron chi connectivity index (χ1n) is 3.84. The molecule has 1 atom stereocenters. The van der Waals surface area contributed by atoms with Crippen molar-refractivity contribution in [2.24, 2.45) is 0 Å². The third kappa shape index (κ3) is 2.50. The molecule has 1 heterocycles. The molecule has 4 nitrogen and oxygen atoms in total. The molecule has 2 N–H and O–H groups in total.